The number of carbonyl (C=O) groups excluding carboxylic acids is 7. The molecule has 22 nitrogen and oxygen atoms in total. The van der Waals surface area contributed by atoms with Crippen molar-refractivity contribution in [3.8, 4) is 0 Å². The number of nitrogens with zero attached hydrogens (tertiary/aromatic N) is 1. The van der Waals surface area contributed by atoms with E-state index in [0.717, 1.165) is 6.92 Å². The highest BCUT2D eigenvalue weighted by Crippen LogP contribution is 2.10. The predicted octanol–water partition coefficient (Wildman–Crippen LogP) is -2.24. The van der Waals surface area contributed by atoms with Crippen LogP contribution < -0.4 is 37.2 Å². The second kappa shape index (κ2) is 25.0. The van der Waals surface area contributed by atoms with Crippen molar-refractivity contribution in [2.45, 2.75) is 115 Å². The van der Waals surface area contributed by atoms with E-state index in [2.05, 4.69) is 42.2 Å². The standard InChI is InChI=1S/C40H54N8O14/c1-20(2)14-26(46-39(60)33(22(4)49)48-38(59)27(43-23(5)50)15-24-10-7-6-8-11-24)36(57)45-28(17-31(51)52)35(56)42-21(3)34(55)44-29(18-32(53)54)37(58)47-30(40(61)62)16-25-12-9-13-41-19-25/h6-13,19-22,26-30,33,49H,14-18H2,1-5H3,(H,42,56)(H,43,50)(H,44,55)(H,45,57)(H,46,60)(H,47,58)(H,48,59)(H,51,52)(H,53,54)(H,61,62)/t21-,22+,26-,27-,28-,29-,30-,33-/m0/s1. The summed E-state index contributed by atoms with van der Waals surface area (Å²) in [5, 5.41) is 55.2. The Bertz CT molecular complexity index is 1910. The highest BCUT2D eigenvalue weighted by molar-refractivity contribution is 5.98. The Kier molecular flexibility index (Phi) is 20.6. The number of rotatable bonds is 25. The average molecular weight is 871 g/mol. The van der Waals surface area contributed by atoms with Crippen molar-refractivity contribution in [3.05, 3.63) is 66.0 Å². The van der Waals surface area contributed by atoms with Crippen molar-refractivity contribution in [3.63, 3.8) is 0 Å². The fourth-order valence-corrected chi connectivity index (χ4v) is 5.87. The average Bonchev–Trinajstić information content (AvgIpc) is 3.18. The highest BCUT2D eigenvalue weighted by Gasteiger charge is 2.35. The molecule has 0 spiro atoms. The summed E-state index contributed by atoms with van der Waals surface area (Å²) in [5.74, 6) is -11.9. The van der Waals surface area contributed by atoms with Crippen LogP contribution in [-0.2, 0) is 60.8 Å². The van der Waals surface area contributed by atoms with Gasteiger partial charge in [-0.1, -0.05) is 50.2 Å². The molecule has 62 heavy (non-hydrogen) atoms. The van der Waals surface area contributed by atoms with Gasteiger partial charge in [0, 0.05) is 32.2 Å². The van der Waals surface area contributed by atoms with Gasteiger partial charge in [0.15, 0.2) is 0 Å². The predicted molar refractivity (Wildman–Crippen MR) is 216 cm³/mol. The number of carboxylic acids is 3. The van der Waals surface area contributed by atoms with Gasteiger partial charge in [0.1, 0.15) is 42.3 Å². The Labute approximate surface area is 356 Å². The van der Waals surface area contributed by atoms with E-state index < -0.39 is 120 Å². The van der Waals surface area contributed by atoms with Crippen LogP contribution in [-0.4, -0.2) is 133 Å². The maximum atomic E-state index is 13.6. The Morgan fingerprint density at radius 2 is 1.03 bits per heavy atom. The first kappa shape index (κ1) is 51.2. The van der Waals surface area contributed by atoms with Gasteiger partial charge >= 0.3 is 17.9 Å². The van der Waals surface area contributed by atoms with Crippen molar-refractivity contribution in [2.75, 3.05) is 0 Å². The normalized spacial score (nSPS) is 14.8. The Hall–Kier alpha value is -6.97. The van der Waals surface area contributed by atoms with Crippen molar-refractivity contribution in [1.29, 1.82) is 0 Å². The van der Waals surface area contributed by atoms with Crippen molar-refractivity contribution >= 4 is 59.3 Å². The lowest BCUT2D eigenvalue weighted by atomic mass is 10.0. The summed E-state index contributed by atoms with van der Waals surface area (Å²) in [4.78, 5) is 131. The minimum Gasteiger partial charge on any atom is -0.481 e. The van der Waals surface area contributed by atoms with Crippen LogP contribution in [0.5, 0.6) is 0 Å². The van der Waals surface area contributed by atoms with Crippen LogP contribution in [0.25, 0.3) is 0 Å². The second-order valence-corrected chi connectivity index (χ2v) is 14.9. The molecule has 1 heterocycles. The minimum atomic E-state index is -1.87. The van der Waals surface area contributed by atoms with Gasteiger partial charge in [-0.3, -0.25) is 48.1 Å². The van der Waals surface area contributed by atoms with Gasteiger partial charge in [-0.2, -0.15) is 0 Å². The van der Waals surface area contributed by atoms with Gasteiger partial charge in [-0.25, -0.2) is 4.79 Å². The third-order valence-corrected chi connectivity index (χ3v) is 8.93. The summed E-state index contributed by atoms with van der Waals surface area (Å²) < 4.78 is 0. The van der Waals surface area contributed by atoms with Crippen LogP contribution in [0.2, 0.25) is 0 Å². The molecule has 0 radical (unpaired) electrons. The van der Waals surface area contributed by atoms with Gasteiger partial charge in [-0.05, 0) is 43.4 Å². The Balaban J connectivity index is 2.21. The zero-order valence-corrected chi connectivity index (χ0v) is 34.7. The number of nitrogens with one attached hydrogen (secondary N) is 7. The number of amides is 7. The number of carbonyl (C=O) groups is 10. The lowest BCUT2D eigenvalue weighted by Gasteiger charge is -2.28. The summed E-state index contributed by atoms with van der Waals surface area (Å²) in [6.07, 6.45) is -1.03. The topological polar surface area (TPSA) is 349 Å². The largest absolute Gasteiger partial charge is 0.481 e. The quantitative estimate of drug-likeness (QED) is 0.0503. The Morgan fingerprint density at radius 3 is 1.53 bits per heavy atom. The van der Waals surface area contributed by atoms with Gasteiger partial charge in [0.05, 0.1) is 18.9 Å². The van der Waals surface area contributed by atoms with E-state index in [1.54, 1.807) is 50.2 Å². The number of pyridine rings is 1. The molecule has 0 saturated carbocycles. The number of aromatic nitrogens is 1. The zero-order chi connectivity index (χ0) is 46.7. The SMILES string of the molecule is CC(=O)N[C@@H](Cc1ccccc1)C(=O)N[C@H](C(=O)N[C@@H](CC(C)C)C(=O)N[C@@H](CC(=O)O)C(=O)N[C@@H](C)C(=O)N[C@@H](CC(=O)O)C(=O)N[C@@H](Cc1cccnc1)C(=O)O)[C@@H](C)O. The van der Waals surface area contributed by atoms with Gasteiger partial charge in [0.2, 0.25) is 41.4 Å². The molecule has 7 amide bonds. The van der Waals surface area contributed by atoms with Crippen LogP contribution in [0.15, 0.2) is 54.9 Å². The summed E-state index contributed by atoms with van der Waals surface area (Å²) >= 11 is 0. The summed E-state index contributed by atoms with van der Waals surface area (Å²) in [7, 11) is 0. The van der Waals surface area contributed by atoms with Crippen molar-refractivity contribution in [1.82, 2.24) is 42.2 Å². The molecule has 0 saturated heterocycles. The Morgan fingerprint density at radius 1 is 0.548 bits per heavy atom. The van der Waals surface area contributed by atoms with Gasteiger partial charge in [0.25, 0.3) is 0 Å². The molecule has 0 aliphatic rings. The van der Waals surface area contributed by atoms with Crippen LogP contribution in [0, 0.1) is 5.92 Å². The molecule has 22 heteroatoms. The van der Waals surface area contributed by atoms with Gasteiger partial charge < -0.3 is 57.6 Å². The monoisotopic (exact) mass is 870 g/mol. The van der Waals surface area contributed by atoms with E-state index >= 15 is 0 Å². The lowest BCUT2D eigenvalue weighted by molar-refractivity contribution is -0.143. The number of aliphatic hydroxyl groups excluding tert-OH is 1. The molecule has 338 valence electrons. The molecule has 1 aromatic carbocycles. The smallest absolute Gasteiger partial charge is 0.326 e. The van der Waals surface area contributed by atoms with E-state index in [1.807, 2.05) is 0 Å². The third-order valence-electron chi connectivity index (χ3n) is 8.93. The van der Waals surface area contributed by atoms with Crippen LogP contribution in [0.3, 0.4) is 0 Å². The molecule has 2 rings (SSSR count). The lowest BCUT2D eigenvalue weighted by Crippen LogP contribution is -2.61. The summed E-state index contributed by atoms with van der Waals surface area (Å²) in [6, 6.07) is 0.596. The third kappa shape index (κ3) is 18.1. The molecule has 0 fully saturated rings. The number of aliphatic hydroxyl groups is 1. The molecule has 2 aromatic rings. The number of benzene rings is 1. The van der Waals surface area contributed by atoms with Crippen molar-refractivity contribution < 1.29 is 68.4 Å². The first-order valence-electron chi connectivity index (χ1n) is 19.4. The fraction of sp³-hybridized carbons (Fsp3) is 0.475. The summed E-state index contributed by atoms with van der Waals surface area (Å²) in [5.41, 5.74) is 1.11. The molecule has 11 N–H and O–H groups in total. The maximum Gasteiger partial charge on any atom is 0.326 e. The highest BCUT2D eigenvalue weighted by atomic mass is 16.4. The minimum absolute atomic E-state index is 0.0327. The van der Waals surface area contributed by atoms with E-state index in [0.29, 0.717) is 11.1 Å². The molecule has 0 bridgehead atoms. The zero-order valence-electron chi connectivity index (χ0n) is 34.7. The van der Waals surface area contributed by atoms with E-state index in [4.69, 9.17) is 0 Å². The van der Waals surface area contributed by atoms with E-state index in [9.17, 15) is 68.4 Å². The number of carboxylic acid groups (broad SMARTS) is 3. The fourth-order valence-electron chi connectivity index (χ4n) is 5.87. The first-order valence-corrected chi connectivity index (χ1v) is 19.4. The molecular formula is C40H54N8O14. The maximum absolute atomic E-state index is 13.6. The van der Waals surface area contributed by atoms with E-state index in [-0.39, 0.29) is 25.2 Å². The number of aliphatic carboxylic acids is 3. The molecule has 8 atom stereocenters. The molecular weight excluding hydrogens is 816 g/mol. The van der Waals surface area contributed by atoms with Crippen LogP contribution in [0.1, 0.15) is 65.0 Å². The van der Waals surface area contributed by atoms with Gasteiger partial charge in [-0.15, -0.1) is 0 Å². The first-order chi connectivity index (χ1) is 29.1. The number of hydrogen-bond acceptors (Lipinski definition) is 12. The molecule has 1 aromatic heterocycles. The summed E-state index contributed by atoms with van der Waals surface area (Å²) in [6.45, 7) is 6.87. The molecule has 0 aliphatic carbocycles. The number of hydrogen-bond donors (Lipinski definition) is 11. The van der Waals surface area contributed by atoms with Crippen LogP contribution in [0.4, 0.5) is 0 Å². The van der Waals surface area contributed by atoms with Crippen molar-refractivity contribution in [2.24, 2.45) is 5.92 Å². The molecule has 0 unspecified atom stereocenters. The second-order valence-electron chi connectivity index (χ2n) is 14.9. The molecule has 0 aliphatic heterocycles. The van der Waals surface area contributed by atoms with Crippen LogP contribution >= 0.6 is 0 Å². The van der Waals surface area contributed by atoms with E-state index in [1.165, 1.54) is 32.3 Å².